The lowest BCUT2D eigenvalue weighted by molar-refractivity contribution is 0.424. The first-order chi connectivity index (χ1) is 12.3. The van der Waals surface area contributed by atoms with Gasteiger partial charge in [0.15, 0.2) is 5.82 Å². The van der Waals surface area contributed by atoms with Crippen molar-refractivity contribution in [3.63, 3.8) is 0 Å². The molecule has 1 aliphatic carbocycles. The van der Waals surface area contributed by atoms with Gasteiger partial charge in [0.05, 0.1) is 5.69 Å². The Morgan fingerprint density at radius 2 is 1.48 bits per heavy atom. The maximum atomic E-state index is 4.69. The molecule has 1 heterocycles. The Kier molecular flexibility index (Phi) is 4.39. The molecule has 3 aromatic rings. The molecule has 0 N–H and O–H groups in total. The Hall–Kier alpha value is -2.42. The molecule has 0 spiro atoms. The number of hydrogen-bond acceptors (Lipinski definition) is 2. The summed E-state index contributed by atoms with van der Waals surface area (Å²) in [5.74, 6) is 2.60. The van der Waals surface area contributed by atoms with Crippen molar-refractivity contribution in [2.45, 2.75) is 51.9 Å². The number of rotatable bonds is 3. The van der Waals surface area contributed by atoms with Gasteiger partial charge >= 0.3 is 0 Å². The Bertz CT molecular complexity index is 838. The van der Waals surface area contributed by atoms with E-state index in [9.17, 15) is 0 Å². The molecule has 0 atom stereocenters. The second-order valence-electron chi connectivity index (χ2n) is 7.16. The third-order valence-electron chi connectivity index (χ3n) is 5.35. The molecule has 0 radical (unpaired) electrons. The van der Waals surface area contributed by atoms with Gasteiger partial charge < -0.3 is 0 Å². The van der Waals surface area contributed by atoms with Crippen LogP contribution in [0, 0.1) is 13.8 Å². The van der Waals surface area contributed by atoms with Gasteiger partial charge in [-0.15, -0.1) is 10.2 Å². The quantitative estimate of drug-likeness (QED) is 0.625. The third-order valence-corrected chi connectivity index (χ3v) is 5.35. The number of aryl methyl sites for hydroxylation is 2. The van der Waals surface area contributed by atoms with Crippen LogP contribution in [0.4, 0.5) is 0 Å². The lowest BCUT2D eigenvalue weighted by atomic mass is 9.88. The van der Waals surface area contributed by atoms with Crippen molar-refractivity contribution in [1.82, 2.24) is 14.8 Å². The van der Waals surface area contributed by atoms with E-state index in [1.54, 1.807) is 0 Å². The summed E-state index contributed by atoms with van der Waals surface area (Å²) in [5, 5.41) is 9.32. The van der Waals surface area contributed by atoms with Crippen molar-refractivity contribution in [3.05, 3.63) is 65.5 Å². The van der Waals surface area contributed by atoms with E-state index in [0.29, 0.717) is 5.92 Å². The fourth-order valence-corrected chi connectivity index (χ4v) is 4.07. The van der Waals surface area contributed by atoms with Crippen molar-refractivity contribution < 1.29 is 0 Å². The maximum Gasteiger partial charge on any atom is 0.168 e. The summed E-state index contributed by atoms with van der Waals surface area (Å²) in [6, 6.07) is 16.9. The van der Waals surface area contributed by atoms with Crippen LogP contribution < -0.4 is 0 Å². The molecule has 4 rings (SSSR count). The molecule has 1 fully saturated rings. The highest BCUT2D eigenvalue weighted by atomic mass is 15.3. The average Bonchev–Trinajstić information content (AvgIpc) is 3.08. The molecule has 0 saturated heterocycles. The SMILES string of the molecule is Cc1cccc(C)c1-n1c(-c2ccccc2)nnc1C1CCCCC1. The van der Waals surface area contributed by atoms with E-state index in [-0.39, 0.29) is 0 Å². The molecule has 1 aromatic heterocycles. The molecule has 1 aliphatic rings. The van der Waals surface area contributed by atoms with Gasteiger partial charge in [-0.3, -0.25) is 4.57 Å². The zero-order chi connectivity index (χ0) is 17.2. The zero-order valence-corrected chi connectivity index (χ0v) is 15.1. The monoisotopic (exact) mass is 331 g/mol. The van der Waals surface area contributed by atoms with Gasteiger partial charge in [0.25, 0.3) is 0 Å². The maximum absolute atomic E-state index is 4.69. The summed E-state index contributed by atoms with van der Waals surface area (Å²) in [6.07, 6.45) is 6.38. The molecule has 0 aliphatic heterocycles. The number of aromatic nitrogens is 3. The molecular formula is C22H25N3. The van der Waals surface area contributed by atoms with Crippen molar-refractivity contribution >= 4 is 0 Å². The highest BCUT2D eigenvalue weighted by molar-refractivity contribution is 5.61. The minimum absolute atomic E-state index is 0.512. The van der Waals surface area contributed by atoms with E-state index in [2.05, 4.69) is 71.1 Å². The van der Waals surface area contributed by atoms with Crippen LogP contribution in [0.25, 0.3) is 17.1 Å². The van der Waals surface area contributed by atoms with Crippen LogP contribution in [0.1, 0.15) is 55.0 Å². The van der Waals surface area contributed by atoms with Crippen LogP contribution in [0.15, 0.2) is 48.5 Å². The van der Waals surface area contributed by atoms with Crippen LogP contribution in [0.3, 0.4) is 0 Å². The minimum Gasteiger partial charge on any atom is -0.278 e. The van der Waals surface area contributed by atoms with Crippen molar-refractivity contribution in [1.29, 1.82) is 0 Å². The van der Waals surface area contributed by atoms with Crippen LogP contribution in [0.2, 0.25) is 0 Å². The van der Waals surface area contributed by atoms with Gasteiger partial charge in [-0.2, -0.15) is 0 Å². The number of benzene rings is 2. The Labute approximate surface area is 149 Å². The molecule has 128 valence electrons. The molecular weight excluding hydrogens is 306 g/mol. The summed E-state index contributed by atoms with van der Waals surface area (Å²) < 4.78 is 2.33. The van der Waals surface area contributed by atoms with Gasteiger partial charge in [0, 0.05) is 11.5 Å². The van der Waals surface area contributed by atoms with Crippen molar-refractivity contribution in [2.75, 3.05) is 0 Å². The number of nitrogens with zero attached hydrogens (tertiary/aromatic N) is 3. The summed E-state index contributed by atoms with van der Waals surface area (Å²) >= 11 is 0. The third kappa shape index (κ3) is 2.99. The Morgan fingerprint density at radius 3 is 2.16 bits per heavy atom. The van der Waals surface area contributed by atoms with E-state index >= 15 is 0 Å². The van der Waals surface area contributed by atoms with Crippen LogP contribution in [-0.4, -0.2) is 14.8 Å². The first kappa shape index (κ1) is 16.1. The molecule has 3 heteroatoms. The first-order valence-electron chi connectivity index (χ1n) is 9.33. The lowest BCUT2D eigenvalue weighted by Crippen LogP contribution is -2.13. The second kappa shape index (κ2) is 6.83. The largest absolute Gasteiger partial charge is 0.278 e. The smallest absolute Gasteiger partial charge is 0.168 e. The van der Waals surface area contributed by atoms with Crippen LogP contribution in [0.5, 0.6) is 0 Å². The van der Waals surface area contributed by atoms with E-state index in [4.69, 9.17) is 0 Å². The minimum atomic E-state index is 0.512. The average molecular weight is 331 g/mol. The van der Waals surface area contributed by atoms with Crippen LogP contribution >= 0.6 is 0 Å². The number of para-hydroxylation sites is 1. The molecule has 1 saturated carbocycles. The van der Waals surface area contributed by atoms with Gasteiger partial charge in [-0.1, -0.05) is 67.8 Å². The zero-order valence-electron chi connectivity index (χ0n) is 15.1. The molecule has 25 heavy (non-hydrogen) atoms. The fraction of sp³-hybridized carbons (Fsp3) is 0.364. The van der Waals surface area contributed by atoms with E-state index in [1.165, 1.54) is 48.9 Å². The summed E-state index contributed by atoms with van der Waals surface area (Å²) in [4.78, 5) is 0. The predicted octanol–water partition coefficient (Wildman–Crippen LogP) is 5.60. The summed E-state index contributed by atoms with van der Waals surface area (Å²) in [7, 11) is 0. The highest BCUT2D eigenvalue weighted by Crippen LogP contribution is 2.36. The molecule has 3 nitrogen and oxygen atoms in total. The molecule has 0 unspecified atom stereocenters. The number of hydrogen-bond donors (Lipinski definition) is 0. The molecule has 0 bridgehead atoms. The van der Waals surface area contributed by atoms with Gasteiger partial charge in [-0.25, -0.2) is 0 Å². The van der Waals surface area contributed by atoms with Gasteiger partial charge in [0.1, 0.15) is 5.82 Å². The van der Waals surface area contributed by atoms with E-state index in [1.807, 2.05) is 6.07 Å². The van der Waals surface area contributed by atoms with E-state index < -0.39 is 0 Å². The van der Waals surface area contributed by atoms with E-state index in [0.717, 1.165) is 17.2 Å². The topological polar surface area (TPSA) is 30.7 Å². The fourth-order valence-electron chi connectivity index (χ4n) is 4.07. The standard InChI is InChI=1S/C22H25N3/c1-16-10-9-11-17(2)20(16)25-21(18-12-5-3-6-13-18)23-24-22(25)19-14-7-4-8-15-19/h3,5-6,9-13,19H,4,7-8,14-15H2,1-2H3. The first-order valence-corrected chi connectivity index (χ1v) is 9.33. The normalized spacial score (nSPS) is 15.4. The molecule has 2 aromatic carbocycles. The molecule has 0 amide bonds. The van der Waals surface area contributed by atoms with Crippen LogP contribution in [-0.2, 0) is 0 Å². The highest BCUT2D eigenvalue weighted by Gasteiger charge is 2.25. The van der Waals surface area contributed by atoms with Crippen molar-refractivity contribution in [2.24, 2.45) is 0 Å². The Balaban J connectivity index is 1.93. The predicted molar refractivity (Wildman–Crippen MR) is 102 cm³/mol. The second-order valence-corrected chi connectivity index (χ2v) is 7.16. The Morgan fingerprint density at radius 1 is 0.800 bits per heavy atom. The van der Waals surface area contributed by atoms with Gasteiger partial charge in [0.2, 0.25) is 0 Å². The lowest BCUT2D eigenvalue weighted by Gasteiger charge is -2.23. The van der Waals surface area contributed by atoms with Crippen molar-refractivity contribution in [3.8, 4) is 17.1 Å². The summed E-state index contributed by atoms with van der Waals surface area (Å²) in [6.45, 7) is 4.36. The summed E-state index contributed by atoms with van der Waals surface area (Å²) in [5.41, 5.74) is 4.91. The van der Waals surface area contributed by atoms with Gasteiger partial charge in [-0.05, 0) is 37.8 Å².